The van der Waals surface area contributed by atoms with Gasteiger partial charge in [-0.1, -0.05) is 0 Å². The Labute approximate surface area is 62.3 Å². The maximum Gasteiger partial charge on any atom is 0.432 e. The maximum atomic E-state index is 10.6. The van der Waals surface area contributed by atoms with Gasteiger partial charge in [0.15, 0.2) is 5.78 Å². The van der Waals surface area contributed by atoms with Crippen molar-refractivity contribution in [3.63, 3.8) is 0 Å². The fourth-order valence-corrected chi connectivity index (χ4v) is 0.618. The third kappa shape index (κ3) is 1.43. The molecule has 1 aromatic heterocycles. The van der Waals surface area contributed by atoms with Crippen molar-refractivity contribution < 1.29 is 14.7 Å². The van der Waals surface area contributed by atoms with Crippen LogP contribution in [0.3, 0.4) is 0 Å². The molecular weight excluding hydrogens is 148 g/mol. The molecule has 0 radical (unpaired) electrons. The SMILES string of the molecule is CC(=O)c1ccn(C(=O)O)n1. The van der Waals surface area contributed by atoms with Gasteiger partial charge in [0.2, 0.25) is 0 Å². The average molecular weight is 154 g/mol. The quantitative estimate of drug-likeness (QED) is 0.601. The van der Waals surface area contributed by atoms with Gasteiger partial charge in [0.05, 0.1) is 0 Å². The zero-order chi connectivity index (χ0) is 8.43. The molecule has 0 amide bonds. The molecule has 0 fully saturated rings. The third-order valence-electron chi connectivity index (χ3n) is 1.15. The van der Waals surface area contributed by atoms with Crippen molar-refractivity contribution in [1.82, 2.24) is 9.78 Å². The molecule has 11 heavy (non-hydrogen) atoms. The maximum absolute atomic E-state index is 10.6. The van der Waals surface area contributed by atoms with Crippen molar-refractivity contribution in [3.05, 3.63) is 18.0 Å². The van der Waals surface area contributed by atoms with Gasteiger partial charge in [0, 0.05) is 13.1 Å². The number of rotatable bonds is 1. The van der Waals surface area contributed by atoms with Gasteiger partial charge < -0.3 is 5.11 Å². The first kappa shape index (κ1) is 7.46. The molecule has 1 rings (SSSR count). The molecule has 0 saturated carbocycles. The fourth-order valence-electron chi connectivity index (χ4n) is 0.618. The summed E-state index contributed by atoms with van der Waals surface area (Å²) in [4.78, 5) is 20.8. The summed E-state index contributed by atoms with van der Waals surface area (Å²) in [6.45, 7) is 1.33. The molecule has 0 aliphatic carbocycles. The molecule has 0 aliphatic heterocycles. The van der Waals surface area contributed by atoms with Crippen LogP contribution in [0, 0.1) is 0 Å². The topological polar surface area (TPSA) is 72.2 Å². The molecule has 0 spiro atoms. The number of Topliss-reactive ketones (excluding diaryl/α,β-unsaturated/α-hetero) is 1. The molecule has 58 valence electrons. The highest BCUT2D eigenvalue weighted by atomic mass is 16.4. The lowest BCUT2D eigenvalue weighted by molar-refractivity contribution is 0.101. The van der Waals surface area contributed by atoms with Crippen molar-refractivity contribution in [2.75, 3.05) is 0 Å². The molecule has 0 unspecified atom stereocenters. The lowest BCUT2D eigenvalue weighted by Crippen LogP contribution is -2.09. The van der Waals surface area contributed by atoms with E-state index in [1.165, 1.54) is 19.2 Å². The van der Waals surface area contributed by atoms with Gasteiger partial charge in [-0.05, 0) is 6.07 Å². The number of ketones is 1. The van der Waals surface area contributed by atoms with E-state index in [1.807, 2.05) is 0 Å². The van der Waals surface area contributed by atoms with E-state index < -0.39 is 6.09 Å². The zero-order valence-electron chi connectivity index (χ0n) is 5.81. The number of hydrogen-bond donors (Lipinski definition) is 1. The normalized spacial score (nSPS) is 9.55. The molecule has 0 aliphatic rings. The Morgan fingerprint density at radius 2 is 2.27 bits per heavy atom. The van der Waals surface area contributed by atoms with Gasteiger partial charge in [-0.15, -0.1) is 0 Å². The monoisotopic (exact) mass is 154 g/mol. The predicted octanol–water partition coefficient (Wildman–Crippen LogP) is 0.612. The van der Waals surface area contributed by atoms with Crippen LogP contribution in [-0.2, 0) is 0 Å². The average Bonchev–Trinajstić information content (AvgIpc) is 2.33. The fraction of sp³-hybridized carbons (Fsp3) is 0.167. The molecule has 5 nitrogen and oxygen atoms in total. The number of carbonyl (C=O) groups is 2. The summed E-state index contributed by atoms with van der Waals surface area (Å²) in [5.74, 6) is -0.245. The molecule has 0 aromatic carbocycles. The second-order valence-electron chi connectivity index (χ2n) is 1.98. The van der Waals surface area contributed by atoms with Gasteiger partial charge in [0.1, 0.15) is 5.69 Å². The Bertz CT molecular complexity index is 274. The van der Waals surface area contributed by atoms with Crippen LogP contribution in [-0.4, -0.2) is 26.8 Å². The second kappa shape index (κ2) is 2.53. The summed E-state index contributed by atoms with van der Waals surface area (Å²) >= 11 is 0. The van der Waals surface area contributed by atoms with E-state index in [0.29, 0.717) is 4.68 Å². The van der Waals surface area contributed by atoms with Gasteiger partial charge in [-0.2, -0.15) is 9.78 Å². The molecule has 1 N–H and O–H groups in total. The van der Waals surface area contributed by atoms with Crippen LogP contribution in [0.25, 0.3) is 0 Å². The standard InChI is InChI=1S/C6H6N2O3/c1-4(9)5-2-3-8(7-5)6(10)11/h2-3H,1H3,(H,10,11). The lowest BCUT2D eigenvalue weighted by atomic mass is 10.3. The van der Waals surface area contributed by atoms with Crippen LogP contribution in [0.5, 0.6) is 0 Å². The van der Waals surface area contributed by atoms with Crippen LogP contribution >= 0.6 is 0 Å². The lowest BCUT2D eigenvalue weighted by Gasteiger charge is -1.87. The number of carboxylic acid groups (broad SMARTS) is 1. The van der Waals surface area contributed by atoms with Gasteiger partial charge in [-0.25, -0.2) is 4.79 Å². The summed E-state index contributed by atoms with van der Waals surface area (Å²) in [7, 11) is 0. The Hall–Kier alpha value is -1.65. The molecule has 0 saturated heterocycles. The number of hydrogen-bond acceptors (Lipinski definition) is 3. The van der Waals surface area contributed by atoms with Gasteiger partial charge >= 0.3 is 6.09 Å². The Kier molecular flexibility index (Phi) is 1.72. The molecule has 5 heteroatoms. The van der Waals surface area contributed by atoms with Crippen molar-refractivity contribution >= 4 is 11.9 Å². The Morgan fingerprint density at radius 3 is 2.55 bits per heavy atom. The van der Waals surface area contributed by atoms with Crippen molar-refractivity contribution in [2.24, 2.45) is 0 Å². The third-order valence-corrected chi connectivity index (χ3v) is 1.15. The van der Waals surface area contributed by atoms with Crippen LogP contribution in [0.15, 0.2) is 12.3 Å². The molecule has 1 aromatic rings. The highest BCUT2D eigenvalue weighted by molar-refractivity contribution is 5.92. The van der Waals surface area contributed by atoms with Gasteiger partial charge in [0.25, 0.3) is 0 Å². The number of carbonyl (C=O) groups excluding carboxylic acids is 1. The van der Waals surface area contributed by atoms with Crippen LogP contribution in [0.4, 0.5) is 4.79 Å². The van der Waals surface area contributed by atoms with Crippen molar-refractivity contribution in [3.8, 4) is 0 Å². The largest absolute Gasteiger partial charge is 0.463 e. The van der Waals surface area contributed by atoms with E-state index in [0.717, 1.165) is 0 Å². The molecule has 0 bridgehead atoms. The van der Waals surface area contributed by atoms with Crippen LogP contribution < -0.4 is 0 Å². The van der Waals surface area contributed by atoms with E-state index in [9.17, 15) is 9.59 Å². The van der Waals surface area contributed by atoms with Crippen molar-refractivity contribution in [2.45, 2.75) is 6.92 Å². The smallest absolute Gasteiger partial charge is 0.432 e. The zero-order valence-corrected chi connectivity index (χ0v) is 5.81. The molecular formula is C6H6N2O3. The first-order valence-electron chi connectivity index (χ1n) is 2.91. The molecule has 0 atom stereocenters. The first-order valence-corrected chi connectivity index (χ1v) is 2.91. The summed E-state index contributed by atoms with van der Waals surface area (Å²) in [6, 6.07) is 1.36. The number of aromatic nitrogens is 2. The Morgan fingerprint density at radius 1 is 1.64 bits per heavy atom. The van der Waals surface area contributed by atoms with Crippen molar-refractivity contribution in [1.29, 1.82) is 0 Å². The summed E-state index contributed by atoms with van der Waals surface area (Å²) < 4.78 is 0.691. The molecule has 1 heterocycles. The Balaban J connectivity index is 2.99. The van der Waals surface area contributed by atoms with E-state index >= 15 is 0 Å². The van der Waals surface area contributed by atoms with Crippen LogP contribution in [0.2, 0.25) is 0 Å². The minimum absolute atomic E-state index is 0.160. The van der Waals surface area contributed by atoms with Crippen LogP contribution in [0.1, 0.15) is 17.4 Å². The minimum Gasteiger partial charge on any atom is -0.463 e. The first-order chi connectivity index (χ1) is 5.11. The van der Waals surface area contributed by atoms with E-state index in [-0.39, 0.29) is 11.5 Å². The van der Waals surface area contributed by atoms with Gasteiger partial charge in [-0.3, -0.25) is 4.79 Å². The van der Waals surface area contributed by atoms with E-state index in [2.05, 4.69) is 5.10 Å². The minimum atomic E-state index is -1.20. The van der Waals surface area contributed by atoms with E-state index in [4.69, 9.17) is 5.11 Å². The highest BCUT2D eigenvalue weighted by Gasteiger charge is 2.06. The summed E-state index contributed by atoms with van der Waals surface area (Å²) in [6.07, 6.45) is 0.0245. The number of nitrogens with zero attached hydrogens (tertiary/aromatic N) is 2. The second-order valence-corrected chi connectivity index (χ2v) is 1.98. The summed E-state index contributed by atoms with van der Waals surface area (Å²) in [5.41, 5.74) is 0.160. The van der Waals surface area contributed by atoms with E-state index in [1.54, 1.807) is 0 Å². The predicted molar refractivity (Wildman–Crippen MR) is 35.7 cm³/mol. The summed E-state index contributed by atoms with van der Waals surface area (Å²) in [5, 5.41) is 11.8. The highest BCUT2D eigenvalue weighted by Crippen LogP contribution is 1.95.